The van der Waals surface area contributed by atoms with Gasteiger partial charge in [0, 0.05) is 12.6 Å². The molecular formula is C20H20N2O9. The lowest BCUT2D eigenvalue weighted by Crippen LogP contribution is -2.35. The van der Waals surface area contributed by atoms with Crippen LogP contribution in [-0.4, -0.2) is 43.9 Å². The number of carbonyl (C=O) groups excluding carboxylic acids is 2. The van der Waals surface area contributed by atoms with Crippen molar-refractivity contribution in [3.63, 3.8) is 0 Å². The Labute approximate surface area is 176 Å². The summed E-state index contributed by atoms with van der Waals surface area (Å²) in [5.41, 5.74) is -0.139. The highest BCUT2D eigenvalue weighted by Crippen LogP contribution is 2.35. The van der Waals surface area contributed by atoms with Crippen LogP contribution in [-0.2, 0) is 16.1 Å². The minimum Gasteiger partial charge on any atom is -0.493 e. The number of fused-ring (bicyclic) bond motifs is 1. The number of nitrogens with zero attached hydrogens (tertiary/aromatic N) is 1. The van der Waals surface area contributed by atoms with Crippen molar-refractivity contribution in [2.75, 3.05) is 21.0 Å². The topological polar surface area (TPSA) is 135 Å². The van der Waals surface area contributed by atoms with E-state index in [2.05, 4.69) is 5.32 Å². The maximum atomic E-state index is 12.5. The lowest BCUT2D eigenvalue weighted by Gasteiger charge is -2.15. The van der Waals surface area contributed by atoms with Gasteiger partial charge < -0.3 is 29.0 Å². The van der Waals surface area contributed by atoms with Crippen LogP contribution >= 0.6 is 0 Å². The first-order valence-corrected chi connectivity index (χ1v) is 9.11. The Morgan fingerprint density at radius 2 is 1.81 bits per heavy atom. The van der Waals surface area contributed by atoms with Gasteiger partial charge in [0.25, 0.3) is 11.6 Å². The van der Waals surface area contributed by atoms with Crippen molar-refractivity contribution in [2.45, 2.75) is 19.6 Å². The lowest BCUT2D eigenvalue weighted by atomic mass is 10.1. The molecular weight excluding hydrogens is 412 g/mol. The molecule has 0 radical (unpaired) electrons. The van der Waals surface area contributed by atoms with E-state index in [0.29, 0.717) is 11.5 Å². The molecule has 1 N–H and O–H groups in total. The lowest BCUT2D eigenvalue weighted by molar-refractivity contribution is -0.385. The second-order valence-corrected chi connectivity index (χ2v) is 6.43. The molecule has 0 unspecified atom stereocenters. The second kappa shape index (κ2) is 9.20. The summed E-state index contributed by atoms with van der Waals surface area (Å²) >= 11 is 0. The van der Waals surface area contributed by atoms with Crippen molar-refractivity contribution in [3.8, 4) is 23.0 Å². The van der Waals surface area contributed by atoms with E-state index < -0.39 is 28.6 Å². The first-order valence-electron chi connectivity index (χ1n) is 9.11. The summed E-state index contributed by atoms with van der Waals surface area (Å²) in [6.45, 7) is 1.66. The largest absolute Gasteiger partial charge is 0.493 e. The normalized spacial score (nSPS) is 12.6. The number of amides is 1. The molecule has 0 aliphatic carbocycles. The molecule has 1 amide bonds. The number of methoxy groups -OCH3 is 2. The smallest absolute Gasteiger partial charge is 0.346 e. The Bertz CT molecular complexity index is 1020. The molecule has 1 heterocycles. The van der Waals surface area contributed by atoms with Crippen molar-refractivity contribution in [2.24, 2.45) is 0 Å². The van der Waals surface area contributed by atoms with E-state index in [1.165, 1.54) is 21.1 Å². The molecule has 2 aromatic rings. The van der Waals surface area contributed by atoms with Gasteiger partial charge in [-0.1, -0.05) is 6.07 Å². The van der Waals surface area contributed by atoms with Crippen LogP contribution in [0.5, 0.6) is 23.0 Å². The number of hydrogen-bond acceptors (Lipinski definition) is 9. The van der Waals surface area contributed by atoms with Gasteiger partial charge in [-0.3, -0.25) is 14.9 Å². The van der Waals surface area contributed by atoms with Gasteiger partial charge in [0.05, 0.1) is 25.2 Å². The van der Waals surface area contributed by atoms with Crippen LogP contribution in [0.25, 0.3) is 0 Å². The molecule has 0 saturated carbocycles. The fourth-order valence-corrected chi connectivity index (χ4v) is 2.84. The highest BCUT2D eigenvalue weighted by molar-refractivity contribution is 5.96. The Morgan fingerprint density at radius 3 is 2.48 bits per heavy atom. The zero-order chi connectivity index (χ0) is 22.5. The molecule has 11 nitrogen and oxygen atoms in total. The van der Waals surface area contributed by atoms with Crippen LogP contribution in [0.4, 0.5) is 5.69 Å². The Morgan fingerprint density at radius 1 is 1.13 bits per heavy atom. The van der Waals surface area contributed by atoms with Gasteiger partial charge in [-0.25, -0.2) is 4.79 Å². The zero-order valence-electron chi connectivity index (χ0n) is 17.0. The highest BCUT2D eigenvalue weighted by atomic mass is 16.7. The fourth-order valence-electron chi connectivity index (χ4n) is 2.84. The van der Waals surface area contributed by atoms with Gasteiger partial charge in [0.1, 0.15) is 5.56 Å². The highest BCUT2D eigenvalue weighted by Gasteiger charge is 2.28. The van der Waals surface area contributed by atoms with Crippen molar-refractivity contribution < 1.29 is 38.2 Å². The number of nitro benzene ring substituents is 1. The Hall–Kier alpha value is -4.02. The van der Waals surface area contributed by atoms with E-state index >= 15 is 0 Å². The third-order valence-electron chi connectivity index (χ3n) is 4.48. The van der Waals surface area contributed by atoms with E-state index in [1.54, 1.807) is 18.2 Å². The van der Waals surface area contributed by atoms with Gasteiger partial charge in [0.15, 0.2) is 29.1 Å². The quantitative estimate of drug-likeness (QED) is 0.378. The fraction of sp³-hybridized carbons (Fsp3) is 0.300. The molecule has 0 aromatic heterocycles. The summed E-state index contributed by atoms with van der Waals surface area (Å²) in [7, 11) is 2.64. The summed E-state index contributed by atoms with van der Waals surface area (Å²) in [6.07, 6.45) is -1.20. The predicted octanol–water partition coefficient (Wildman–Crippen LogP) is 2.20. The zero-order valence-corrected chi connectivity index (χ0v) is 17.0. The predicted molar refractivity (Wildman–Crippen MR) is 105 cm³/mol. The first-order chi connectivity index (χ1) is 14.8. The van der Waals surface area contributed by atoms with E-state index in [4.69, 9.17) is 23.7 Å². The van der Waals surface area contributed by atoms with Gasteiger partial charge in [-0.2, -0.15) is 0 Å². The molecule has 0 bridgehead atoms. The SMILES string of the molecule is COc1cc(C(=O)O[C@@H](C)C(=O)NCc2ccc3c(c2)OCO3)c([N+](=O)[O-])cc1OC. The van der Waals surface area contributed by atoms with Crippen molar-refractivity contribution in [1.82, 2.24) is 5.32 Å². The Kier molecular flexibility index (Phi) is 6.43. The summed E-state index contributed by atoms with van der Waals surface area (Å²) in [6, 6.07) is 7.41. The maximum absolute atomic E-state index is 12.5. The second-order valence-electron chi connectivity index (χ2n) is 6.43. The number of rotatable bonds is 8. The molecule has 1 aliphatic rings. The van der Waals surface area contributed by atoms with Crippen molar-refractivity contribution >= 4 is 17.6 Å². The third kappa shape index (κ3) is 4.77. The summed E-state index contributed by atoms with van der Waals surface area (Å²) in [4.78, 5) is 35.5. The van der Waals surface area contributed by atoms with Gasteiger partial charge in [-0.05, 0) is 24.6 Å². The molecule has 1 aliphatic heterocycles. The van der Waals surface area contributed by atoms with Crippen LogP contribution in [0.2, 0.25) is 0 Å². The maximum Gasteiger partial charge on any atom is 0.346 e. The monoisotopic (exact) mass is 432 g/mol. The van der Waals surface area contributed by atoms with E-state index in [-0.39, 0.29) is 30.4 Å². The van der Waals surface area contributed by atoms with Crippen LogP contribution in [0.1, 0.15) is 22.8 Å². The molecule has 0 fully saturated rings. The number of carbonyl (C=O) groups is 2. The molecule has 2 aromatic carbocycles. The first kappa shape index (κ1) is 21.7. The molecule has 164 valence electrons. The van der Waals surface area contributed by atoms with E-state index in [9.17, 15) is 19.7 Å². The molecule has 1 atom stereocenters. The average molecular weight is 432 g/mol. The third-order valence-corrected chi connectivity index (χ3v) is 4.48. The number of hydrogen-bond donors (Lipinski definition) is 1. The number of esters is 1. The number of ether oxygens (including phenoxy) is 5. The summed E-state index contributed by atoms with van der Waals surface area (Å²) in [5, 5.41) is 14.0. The average Bonchev–Trinajstić information content (AvgIpc) is 3.24. The minimum absolute atomic E-state index is 0.0836. The van der Waals surface area contributed by atoms with Gasteiger partial charge in [-0.15, -0.1) is 0 Å². The minimum atomic E-state index is -1.20. The van der Waals surface area contributed by atoms with Crippen LogP contribution in [0.3, 0.4) is 0 Å². The van der Waals surface area contributed by atoms with E-state index in [1.807, 2.05) is 0 Å². The molecule has 0 spiro atoms. The van der Waals surface area contributed by atoms with Gasteiger partial charge in [0.2, 0.25) is 6.79 Å². The number of benzene rings is 2. The van der Waals surface area contributed by atoms with Crippen LogP contribution < -0.4 is 24.3 Å². The standard InChI is InChI=1S/C20H20N2O9/c1-11(19(23)21-9-12-4-5-15-18(6-12)30-10-29-15)31-20(24)13-7-16(27-2)17(28-3)8-14(13)22(25)26/h4-8,11H,9-10H2,1-3H3,(H,21,23)/t11-/m0/s1. The van der Waals surface area contributed by atoms with Gasteiger partial charge >= 0.3 is 5.97 Å². The van der Waals surface area contributed by atoms with Crippen LogP contribution in [0, 0.1) is 10.1 Å². The summed E-state index contributed by atoms with van der Waals surface area (Å²) < 4.78 is 25.7. The van der Waals surface area contributed by atoms with Crippen LogP contribution in [0.15, 0.2) is 30.3 Å². The molecule has 11 heteroatoms. The van der Waals surface area contributed by atoms with E-state index in [0.717, 1.165) is 17.7 Å². The summed E-state index contributed by atoms with van der Waals surface area (Å²) in [5.74, 6) is -0.228. The molecule has 0 saturated heterocycles. The Balaban J connectivity index is 1.66. The van der Waals surface area contributed by atoms with Crippen molar-refractivity contribution in [3.05, 3.63) is 51.6 Å². The number of nitro groups is 1. The van der Waals surface area contributed by atoms with Crippen molar-refractivity contribution in [1.29, 1.82) is 0 Å². The molecule has 3 rings (SSSR count). The molecule has 31 heavy (non-hydrogen) atoms. The number of nitrogens with one attached hydrogen (secondary N) is 1.